The summed E-state index contributed by atoms with van der Waals surface area (Å²) in [6.45, 7) is 6.60. The van der Waals surface area contributed by atoms with Crippen molar-refractivity contribution in [3.63, 3.8) is 0 Å². The van der Waals surface area contributed by atoms with Gasteiger partial charge in [0.2, 0.25) is 11.8 Å². The van der Waals surface area contributed by atoms with E-state index in [2.05, 4.69) is 26.6 Å². The Kier molecular flexibility index (Phi) is 8.21. The second-order valence-corrected chi connectivity index (χ2v) is 5.65. The molecule has 0 aromatic carbocycles. The predicted molar refractivity (Wildman–Crippen MR) is 73.2 cm³/mol. The van der Waals surface area contributed by atoms with Crippen LogP contribution in [0.4, 0.5) is 0 Å². The Bertz CT molecular complexity index is 249. The van der Waals surface area contributed by atoms with Crippen LogP contribution in [0.1, 0.15) is 46.5 Å². The second-order valence-electron chi connectivity index (χ2n) is 5.09. The van der Waals surface area contributed by atoms with Gasteiger partial charge in [0, 0.05) is 18.5 Å². The maximum atomic E-state index is 11.5. The summed E-state index contributed by atoms with van der Waals surface area (Å²) in [5.41, 5.74) is -0.152. The third-order valence-electron chi connectivity index (χ3n) is 2.04. The summed E-state index contributed by atoms with van der Waals surface area (Å²) in [5.74, 6) is 0.109. The zero-order valence-electron chi connectivity index (χ0n) is 10.9. The van der Waals surface area contributed by atoms with Crippen molar-refractivity contribution in [2.75, 3.05) is 11.9 Å². The molecule has 0 aliphatic carbocycles. The number of carbonyl (C=O) groups excluding carboxylic acids is 2. The molecule has 0 aliphatic heterocycles. The minimum Gasteiger partial charge on any atom is -0.355 e. The standard InChI is InChI=1S/C12H23BrN2O2/c1-12(2,3)15-10(16)7-5-4-6-8-14-11(17)9-13/h4-9H2,1-3H3,(H,14,17)(H,15,16). The van der Waals surface area contributed by atoms with Crippen LogP contribution in [0.2, 0.25) is 0 Å². The summed E-state index contributed by atoms with van der Waals surface area (Å²) in [6.07, 6.45) is 3.30. The average Bonchev–Trinajstić information content (AvgIpc) is 2.20. The maximum Gasteiger partial charge on any atom is 0.230 e. The third-order valence-corrected chi connectivity index (χ3v) is 2.55. The number of hydrogen-bond donors (Lipinski definition) is 2. The molecule has 2 N–H and O–H groups in total. The van der Waals surface area contributed by atoms with Crippen LogP contribution in [-0.4, -0.2) is 29.2 Å². The molecule has 0 atom stereocenters. The summed E-state index contributed by atoms with van der Waals surface area (Å²) in [6, 6.07) is 0. The highest BCUT2D eigenvalue weighted by atomic mass is 79.9. The molecule has 0 aromatic heterocycles. The Morgan fingerprint density at radius 1 is 1.06 bits per heavy atom. The Balaban J connectivity index is 3.40. The molecule has 0 bridgehead atoms. The van der Waals surface area contributed by atoms with Gasteiger partial charge in [-0.2, -0.15) is 0 Å². The van der Waals surface area contributed by atoms with Gasteiger partial charge in [0.15, 0.2) is 0 Å². The summed E-state index contributed by atoms with van der Waals surface area (Å²) >= 11 is 3.08. The Labute approximate surface area is 112 Å². The van der Waals surface area contributed by atoms with Gasteiger partial charge in [-0.15, -0.1) is 0 Å². The first kappa shape index (κ1) is 16.4. The molecule has 5 heteroatoms. The first-order valence-corrected chi connectivity index (χ1v) is 7.11. The number of halogens is 1. The summed E-state index contributed by atoms with van der Waals surface area (Å²) < 4.78 is 0. The van der Waals surface area contributed by atoms with Crippen LogP contribution < -0.4 is 10.6 Å². The Morgan fingerprint density at radius 3 is 2.24 bits per heavy atom. The van der Waals surface area contributed by atoms with E-state index in [9.17, 15) is 9.59 Å². The lowest BCUT2D eigenvalue weighted by Gasteiger charge is -2.20. The monoisotopic (exact) mass is 306 g/mol. The summed E-state index contributed by atoms with van der Waals surface area (Å²) in [7, 11) is 0. The van der Waals surface area contributed by atoms with Crippen molar-refractivity contribution in [3.05, 3.63) is 0 Å². The van der Waals surface area contributed by atoms with Crippen LogP contribution in [0.3, 0.4) is 0 Å². The summed E-state index contributed by atoms with van der Waals surface area (Å²) in [4.78, 5) is 22.3. The number of unbranched alkanes of at least 4 members (excludes halogenated alkanes) is 2. The largest absolute Gasteiger partial charge is 0.355 e. The molecule has 0 spiro atoms. The Hall–Kier alpha value is -0.580. The average molecular weight is 307 g/mol. The zero-order chi connectivity index (χ0) is 13.3. The molecule has 0 aliphatic rings. The number of hydrogen-bond acceptors (Lipinski definition) is 2. The first-order valence-electron chi connectivity index (χ1n) is 5.99. The fourth-order valence-electron chi connectivity index (χ4n) is 1.34. The third kappa shape index (κ3) is 11.7. The quantitative estimate of drug-likeness (QED) is 0.558. The molecule has 0 radical (unpaired) electrons. The number of rotatable bonds is 7. The van der Waals surface area contributed by atoms with E-state index in [1.807, 2.05) is 20.8 Å². The van der Waals surface area contributed by atoms with Crippen LogP contribution in [-0.2, 0) is 9.59 Å². The number of alkyl halides is 1. The molecule has 0 saturated heterocycles. The van der Waals surface area contributed by atoms with Gasteiger partial charge in [-0.1, -0.05) is 22.4 Å². The lowest BCUT2D eigenvalue weighted by Crippen LogP contribution is -2.40. The van der Waals surface area contributed by atoms with E-state index in [4.69, 9.17) is 0 Å². The molecule has 0 rings (SSSR count). The molecule has 0 fully saturated rings. The highest BCUT2D eigenvalue weighted by molar-refractivity contribution is 9.09. The van der Waals surface area contributed by atoms with E-state index < -0.39 is 0 Å². The smallest absolute Gasteiger partial charge is 0.230 e. The normalized spacial score (nSPS) is 11.1. The van der Waals surface area contributed by atoms with E-state index in [1.165, 1.54) is 0 Å². The van der Waals surface area contributed by atoms with Crippen LogP contribution in [0.15, 0.2) is 0 Å². The van der Waals surface area contributed by atoms with Gasteiger partial charge in [0.25, 0.3) is 0 Å². The maximum absolute atomic E-state index is 11.5. The zero-order valence-corrected chi connectivity index (χ0v) is 12.5. The highest BCUT2D eigenvalue weighted by Gasteiger charge is 2.12. The number of amides is 2. The SMILES string of the molecule is CC(C)(C)NC(=O)CCCCCNC(=O)CBr. The summed E-state index contributed by atoms with van der Waals surface area (Å²) in [5, 5.41) is 6.04. The van der Waals surface area contributed by atoms with E-state index in [0.717, 1.165) is 19.3 Å². The van der Waals surface area contributed by atoms with Gasteiger partial charge in [-0.3, -0.25) is 9.59 Å². The van der Waals surface area contributed by atoms with Gasteiger partial charge < -0.3 is 10.6 Å². The predicted octanol–water partition coefficient (Wildman–Crippen LogP) is 1.97. The minimum absolute atomic E-state index is 0.00970. The van der Waals surface area contributed by atoms with Gasteiger partial charge in [0.1, 0.15) is 0 Å². The fraction of sp³-hybridized carbons (Fsp3) is 0.833. The van der Waals surface area contributed by atoms with Gasteiger partial charge >= 0.3 is 0 Å². The molecule has 0 heterocycles. The fourth-order valence-corrected chi connectivity index (χ4v) is 1.54. The van der Waals surface area contributed by atoms with Crippen molar-refractivity contribution in [1.82, 2.24) is 10.6 Å². The number of nitrogens with one attached hydrogen (secondary N) is 2. The highest BCUT2D eigenvalue weighted by Crippen LogP contribution is 2.03. The Morgan fingerprint density at radius 2 is 1.71 bits per heavy atom. The second kappa shape index (κ2) is 8.50. The van der Waals surface area contributed by atoms with Crippen LogP contribution >= 0.6 is 15.9 Å². The van der Waals surface area contributed by atoms with Gasteiger partial charge in [-0.25, -0.2) is 0 Å². The molecule has 4 nitrogen and oxygen atoms in total. The molecule has 0 saturated carbocycles. The molecule has 0 aromatic rings. The van der Waals surface area contributed by atoms with Crippen molar-refractivity contribution in [1.29, 1.82) is 0 Å². The first-order chi connectivity index (χ1) is 7.85. The van der Waals surface area contributed by atoms with E-state index in [1.54, 1.807) is 0 Å². The molecule has 0 unspecified atom stereocenters. The minimum atomic E-state index is -0.152. The molecular formula is C12H23BrN2O2. The molecule has 100 valence electrons. The van der Waals surface area contributed by atoms with Crippen molar-refractivity contribution in [2.24, 2.45) is 0 Å². The van der Waals surface area contributed by atoms with Gasteiger partial charge in [0.05, 0.1) is 5.33 Å². The topological polar surface area (TPSA) is 58.2 Å². The van der Waals surface area contributed by atoms with E-state index in [0.29, 0.717) is 18.3 Å². The lowest BCUT2D eigenvalue weighted by atomic mass is 10.1. The van der Waals surface area contributed by atoms with Crippen molar-refractivity contribution < 1.29 is 9.59 Å². The molecule has 2 amide bonds. The lowest BCUT2D eigenvalue weighted by molar-refractivity contribution is -0.122. The van der Waals surface area contributed by atoms with Gasteiger partial charge in [-0.05, 0) is 33.6 Å². The van der Waals surface area contributed by atoms with Crippen LogP contribution in [0.25, 0.3) is 0 Å². The van der Waals surface area contributed by atoms with E-state index in [-0.39, 0.29) is 17.4 Å². The van der Waals surface area contributed by atoms with Crippen molar-refractivity contribution in [3.8, 4) is 0 Å². The van der Waals surface area contributed by atoms with Crippen molar-refractivity contribution >= 4 is 27.7 Å². The van der Waals surface area contributed by atoms with Crippen LogP contribution in [0, 0.1) is 0 Å². The van der Waals surface area contributed by atoms with E-state index >= 15 is 0 Å². The van der Waals surface area contributed by atoms with Crippen LogP contribution in [0.5, 0.6) is 0 Å². The van der Waals surface area contributed by atoms with Crippen molar-refractivity contribution in [2.45, 2.75) is 52.0 Å². The number of carbonyl (C=O) groups is 2. The molecular weight excluding hydrogens is 284 g/mol. The molecule has 17 heavy (non-hydrogen) atoms.